The van der Waals surface area contributed by atoms with Gasteiger partial charge in [-0.15, -0.1) is 0 Å². The summed E-state index contributed by atoms with van der Waals surface area (Å²) in [7, 11) is 1.61. The predicted octanol–water partition coefficient (Wildman–Crippen LogP) is 3.46. The summed E-state index contributed by atoms with van der Waals surface area (Å²) in [5, 5.41) is 0.133. The molecule has 0 spiro atoms. The van der Waals surface area contributed by atoms with Gasteiger partial charge < -0.3 is 15.5 Å². The van der Waals surface area contributed by atoms with Crippen molar-refractivity contribution in [3.05, 3.63) is 57.3 Å². The number of aromatic amines is 1. The standard InChI is InChI=1S/C21H21ClN6O2/c1-10-5-13(24-7-10)6-14-16-18(22)26-21(23)27-19(16)28(20(14)29)9-15-12(3)17(30-4)11(2)8-25-15/h5-8,24H,9H2,1-4H3,(H2,23,26,27)/b14-6-. The number of rotatable bonds is 4. The maximum absolute atomic E-state index is 13.4. The van der Waals surface area contributed by atoms with Crippen molar-refractivity contribution >= 4 is 40.9 Å². The molecule has 0 saturated heterocycles. The highest BCUT2D eigenvalue weighted by Crippen LogP contribution is 2.41. The molecule has 1 aliphatic rings. The molecule has 8 nitrogen and oxygen atoms in total. The maximum Gasteiger partial charge on any atom is 0.260 e. The van der Waals surface area contributed by atoms with Crippen LogP contribution < -0.4 is 15.4 Å². The fraction of sp³-hybridized carbons (Fsp3) is 0.238. The number of aryl methyl sites for hydroxylation is 2. The molecule has 3 aromatic heterocycles. The molecule has 0 saturated carbocycles. The minimum absolute atomic E-state index is 0.000291. The van der Waals surface area contributed by atoms with Gasteiger partial charge in [-0.05, 0) is 38.5 Å². The summed E-state index contributed by atoms with van der Waals surface area (Å²) in [5.74, 6) is 0.858. The monoisotopic (exact) mass is 424 g/mol. The van der Waals surface area contributed by atoms with Gasteiger partial charge in [-0.1, -0.05) is 11.6 Å². The molecule has 1 aliphatic heterocycles. The molecule has 0 unspecified atom stereocenters. The van der Waals surface area contributed by atoms with Gasteiger partial charge in [-0.25, -0.2) is 4.98 Å². The first-order valence-electron chi connectivity index (χ1n) is 9.31. The number of carbonyl (C=O) groups is 1. The number of nitrogen functional groups attached to an aromatic ring is 1. The minimum Gasteiger partial charge on any atom is -0.496 e. The van der Waals surface area contributed by atoms with Crippen LogP contribution in [0, 0.1) is 20.8 Å². The van der Waals surface area contributed by atoms with E-state index in [1.54, 1.807) is 19.4 Å². The Bertz CT molecular complexity index is 1200. The third kappa shape index (κ3) is 3.29. The molecule has 0 fully saturated rings. The number of fused-ring (bicyclic) bond motifs is 1. The van der Waals surface area contributed by atoms with Gasteiger partial charge in [0.15, 0.2) is 5.82 Å². The zero-order valence-corrected chi connectivity index (χ0v) is 17.8. The van der Waals surface area contributed by atoms with Crippen LogP contribution in [0.5, 0.6) is 5.75 Å². The fourth-order valence-corrected chi connectivity index (χ4v) is 3.91. The lowest BCUT2D eigenvalue weighted by Crippen LogP contribution is -2.27. The van der Waals surface area contributed by atoms with Gasteiger partial charge in [-0.3, -0.25) is 14.7 Å². The third-order valence-corrected chi connectivity index (χ3v) is 5.34. The molecule has 154 valence electrons. The Morgan fingerprint density at radius 2 is 2.07 bits per heavy atom. The number of pyridine rings is 1. The van der Waals surface area contributed by atoms with E-state index in [1.165, 1.54) is 4.90 Å². The fourth-order valence-electron chi connectivity index (χ4n) is 3.64. The highest BCUT2D eigenvalue weighted by Gasteiger charge is 2.37. The Hall–Kier alpha value is -3.39. The molecule has 1 amide bonds. The lowest BCUT2D eigenvalue weighted by molar-refractivity contribution is -0.113. The summed E-state index contributed by atoms with van der Waals surface area (Å²) >= 11 is 6.38. The average molecular weight is 425 g/mol. The number of carbonyl (C=O) groups excluding carboxylic acids is 1. The number of H-pyrrole nitrogens is 1. The zero-order chi connectivity index (χ0) is 21.6. The second-order valence-corrected chi connectivity index (χ2v) is 7.56. The summed E-state index contributed by atoms with van der Waals surface area (Å²) in [6.07, 6.45) is 5.33. The molecule has 0 aromatic carbocycles. The lowest BCUT2D eigenvalue weighted by atomic mass is 10.1. The van der Waals surface area contributed by atoms with Crippen LogP contribution in [0.3, 0.4) is 0 Å². The molecular weight excluding hydrogens is 404 g/mol. The summed E-state index contributed by atoms with van der Waals surface area (Å²) in [5.41, 5.74) is 11.0. The van der Waals surface area contributed by atoms with E-state index in [0.717, 1.165) is 28.1 Å². The Morgan fingerprint density at radius 1 is 1.30 bits per heavy atom. The van der Waals surface area contributed by atoms with E-state index in [0.29, 0.717) is 22.6 Å². The summed E-state index contributed by atoms with van der Waals surface area (Å²) in [6.45, 7) is 5.99. The number of hydrogen-bond donors (Lipinski definition) is 2. The van der Waals surface area contributed by atoms with Crippen LogP contribution >= 0.6 is 11.6 Å². The Labute approximate surface area is 178 Å². The van der Waals surface area contributed by atoms with Gasteiger partial charge >= 0.3 is 0 Å². The van der Waals surface area contributed by atoms with Crippen molar-refractivity contribution in [2.45, 2.75) is 27.3 Å². The number of nitrogens with one attached hydrogen (secondary N) is 1. The van der Waals surface area contributed by atoms with Crippen molar-refractivity contribution in [3.63, 3.8) is 0 Å². The third-order valence-electron chi connectivity index (χ3n) is 5.07. The van der Waals surface area contributed by atoms with Gasteiger partial charge in [0.1, 0.15) is 10.9 Å². The van der Waals surface area contributed by atoms with Crippen LogP contribution in [-0.2, 0) is 11.3 Å². The van der Waals surface area contributed by atoms with Crippen LogP contribution in [0.4, 0.5) is 11.8 Å². The van der Waals surface area contributed by atoms with Gasteiger partial charge in [0, 0.05) is 29.2 Å². The number of aromatic nitrogens is 4. The van der Waals surface area contributed by atoms with E-state index in [-0.39, 0.29) is 23.6 Å². The Kier molecular flexibility index (Phi) is 4.95. The van der Waals surface area contributed by atoms with Crippen molar-refractivity contribution in [1.82, 2.24) is 19.9 Å². The zero-order valence-electron chi connectivity index (χ0n) is 17.1. The number of hydrogen-bond acceptors (Lipinski definition) is 6. The average Bonchev–Trinajstić information content (AvgIpc) is 3.20. The Balaban J connectivity index is 1.83. The summed E-state index contributed by atoms with van der Waals surface area (Å²) < 4.78 is 5.49. The van der Waals surface area contributed by atoms with Crippen LogP contribution in [0.2, 0.25) is 5.15 Å². The van der Waals surface area contributed by atoms with Crippen molar-refractivity contribution < 1.29 is 9.53 Å². The van der Waals surface area contributed by atoms with Crippen LogP contribution in [0.1, 0.15) is 33.6 Å². The van der Waals surface area contributed by atoms with E-state index in [9.17, 15) is 4.79 Å². The van der Waals surface area contributed by atoms with Crippen LogP contribution in [0.15, 0.2) is 18.5 Å². The van der Waals surface area contributed by atoms with Crippen molar-refractivity contribution in [2.24, 2.45) is 0 Å². The second-order valence-electron chi connectivity index (χ2n) is 7.20. The second kappa shape index (κ2) is 7.46. The highest BCUT2D eigenvalue weighted by molar-refractivity contribution is 6.41. The van der Waals surface area contributed by atoms with E-state index in [1.807, 2.05) is 33.0 Å². The number of halogens is 1. The van der Waals surface area contributed by atoms with Crippen LogP contribution in [-0.4, -0.2) is 33.0 Å². The number of methoxy groups -OCH3 is 1. The number of amides is 1. The van der Waals surface area contributed by atoms with Crippen molar-refractivity contribution in [3.8, 4) is 5.75 Å². The van der Waals surface area contributed by atoms with Gasteiger partial charge in [0.25, 0.3) is 5.91 Å². The molecule has 0 atom stereocenters. The first-order valence-corrected chi connectivity index (χ1v) is 9.69. The van der Waals surface area contributed by atoms with Crippen molar-refractivity contribution in [2.75, 3.05) is 17.7 Å². The summed E-state index contributed by atoms with van der Waals surface area (Å²) in [6, 6.07) is 1.94. The smallest absolute Gasteiger partial charge is 0.260 e. The molecule has 30 heavy (non-hydrogen) atoms. The van der Waals surface area contributed by atoms with Crippen molar-refractivity contribution in [1.29, 1.82) is 0 Å². The van der Waals surface area contributed by atoms with Gasteiger partial charge in [-0.2, -0.15) is 4.98 Å². The van der Waals surface area contributed by atoms with Gasteiger partial charge in [0.05, 0.1) is 30.5 Å². The van der Waals surface area contributed by atoms with E-state index >= 15 is 0 Å². The molecule has 0 bridgehead atoms. The lowest BCUT2D eigenvalue weighted by Gasteiger charge is -2.19. The van der Waals surface area contributed by atoms with E-state index in [4.69, 9.17) is 22.1 Å². The SMILES string of the molecule is COc1c(C)cnc(CN2C(=O)/C(=C\c3cc(C)c[nH]3)c3c(Cl)nc(N)nc32)c1C. The molecule has 0 radical (unpaired) electrons. The Morgan fingerprint density at radius 3 is 2.73 bits per heavy atom. The number of ether oxygens (including phenoxy) is 1. The summed E-state index contributed by atoms with van der Waals surface area (Å²) in [4.78, 5) is 30.9. The number of anilines is 2. The minimum atomic E-state index is -0.250. The van der Waals surface area contributed by atoms with Gasteiger partial charge in [0.2, 0.25) is 5.95 Å². The molecular formula is C21H21ClN6O2. The molecule has 4 rings (SSSR count). The molecule has 0 aliphatic carbocycles. The highest BCUT2D eigenvalue weighted by atomic mass is 35.5. The number of nitrogens with two attached hydrogens (primary N) is 1. The molecule has 4 heterocycles. The van der Waals surface area contributed by atoms with E-state index < -0.39 is 0 Å². The largest absolute Gasteiger partial charge is 0.496 e. The quantitative estimate of drug-likeness (QED) is 0.490. The topological polar surface area (TPSA) is 110 Å². The normalized spacial score (nSPS) is 14.5. The molecule has 9 heteroatoms. The molecule has 3 aromatic rings. The first kappa shape index (κ1) is 19.9. The number of nitrogens with zero attached hydrogens (tertiary/aromatic N) is 4. The van der Waals surface area contributed by atoms with Crippen LogP contribution in [0.25, 0.3) is 11.6 Å². The molecule has 3 N–H and O–H groups in total. The first-order chi connectivity index (χ1) is 14.3. The predicted molar refractivity (Wildman–Crippen MR) is 116 cm³/mol. The maximum atomic E-state index is 13.4. The van der Waals surface area contributed by atoms with E-state index in [2.05, 4.69) is 19.9 Å².